The minimum atomic E-state index is 0.200. The molecular weight excluding hydrogens is 293 g/mol. The summed E-state index contributed by atoms with van der Waals surface area (Å²) in [7, 11) is 2.18. The predicted octanol–water partition coefficient (Wildman–Crippen LogP) is 3.02. The molecule has 5 heteroatoms. The first kappa shape index (κ1) is 16.1. The van der Waals surface area contributed by atoms with Crippen LogP contribution in [0.5, 0.6) is 0 Å². The average molecular weight is 316 g/mol. The van der Waals surface area contributed by atoms with Gasteiger partial charge in [-0.2, -0.15) is 0 Å². The Kier molecular flexibility index (Phi) is 5.70. The fourth-order valence-corrected chi connectivity index (χ4v) is 3.34. The summed E-state index contributed by atoms with van der Waals surface area (Å²) >= 11 is 12.2. The molecule has 1 fully saturated rings. The van der Waals surface area contributed by atoms with Crippen molar-refractivity contribution in [1.82, 2.24) is 9.80 Å². The van der Waals surface area contributed by atoms with Gasteiger partial charge in [0.05, 0.1) is 10.0 Å². The number of nitrogens with two attached hydrogens (primary N) is 1. The lowest BCUT2D eigenvalue weighted by atomic mass is 10.0. The van der Waals surface area contributed by atoms with Gasteiger partial charge >= 0.3 is 0 Å². The molecule has 1 aromatic rings. The number of nitrogens with zero attached hydrogens (tertiary/aromatic N) is 2. The van der Waals surface area contributed by atoms with Crippen molar-refractivity contribution < 1.29 is 0 Å². The number of hydrogen-bond acceptors (Lipinski definition) is 3. The van der Waals surface area contributed by atoms with Crippen LogP contribution in [0.15, 0.2) is 18.2 Å². The zero-order valence-electron chi connectivity index (χ0n) is 12.1. The Bertz CT molecular complexity index is 453. The quantitative estimate of drug-likeness (QED) is 0.930. The number of rotatable bonds is 3. The van der Waals surface area contributed by atoms with Crippen molar-refractivity contribution in [3.05, 3.63) is 33.8 Å². The second-order valence-electron chi connectivity index (χ2n) is 5.63. The molecule has 2 atom stereocenters. The van der Waals surface area contributed by atoms with Gasteiger partial charge in [0.15, 0.2) is 0 Å². The first-order valence-corrected chi connectivity index (χ1v) is 7.87. The van der Waals surface area contributed by atoms with Crippen LogP contribution in [0, 0.1) is 0 Å². The van der Waals surface area contributed by atoms with Crippen LogP contribution in [-0.4, -0.2) is 49.1 Å². The van der Waals surface area contributed by atoms with Crippen molar-refractivity contribution in [3.63, 3.8) is 0 Å². The highest BCUT2D eigenvalue weighted by atomic mass is 35.5. The highest BCUT2D eigenvalue weighted by Gasteiger charge is 2.27. The topological polar surface area (TPSA) is 32.5 Å². The third-order valence-corrected chi connectivity index (χ3v) is 4.79. The van der Waals surface area contributed by atoms with Crippen LogP contribution in [0.3, 0.4) is 0 Å². The molecule has 0 bridgehead atoms. The molecule has 1 heterocycles. The molecular formula is C15H23Cl2N3. The molecule has 0 aliphatic carbocycles. The van der Waals surface area contributed by atoms with E-state index in [1.807, 2.05) is 18.2 Å². The molecule has 1 aliphatic rings. The molecule has 1 aliphatic heterocycles. The van der Waals surface area contributed by atoms with Gasteiger partial charge in [-0.15, -0.1) is 0 Å². The molecule has 0 aromatic heterocycles. The van der Waals surface area contributed by atoms with E-state index in [4.69, 9.17) is 28.9 Å². The SMILES string of the molecule is CC1CN(C)CCCN1C(CN)c1ccc(Cl)c(Cl)c1. The Labute approximate surface area is 131 Å². The van der Waals surface area contributed by atoms with Crippen molar-refractivity contribution in [2.75, 3.05) is 33.2 Å². The maximum atomic E-state index is 6.15. The summed E-state index contributed by atoms with van der Waals surface area (Å²) in [4.78, 5) is 4.87. The molecule has 3 nitrogen and oxygen atoms in total. The van der Waals surface area contributed by atoms with Gasteiger partial charge in [-0.25, -0.2) is 0 Å². The van der Waals surface area contributed by atoms with E-state index >= 15 is 0 Å². The van der Waals surface area contributed by atoms with E-state index in [0.29, 0.717) is 22.6 Å². The fraction of sp³-hybridized carbons (Fsp3) is 0.600. The van der Waals surface area contributed by atoms with Gasteiger partial charge in [0.2, 0.25) is 0 Å². The number of halogens is 2. The first-order chi connectivity index (χ1) is 9.52. The van der Waals surface area contributed by atoms with E-state index in [9.17, 15) is 0 Å². The van der Waals surface area contributed by atoms with E-state index in [-0.39, 0.29) is 6.04 Å². The first-order valence-electron chi connectivity index (χ1n) is 7.12. The standard InChI is InChI=1S/C15H23Cl2N3/c1-11-10-19(2)6-3-7-20(11)15(9-18)12-4-5-13(16)14(17)8-12/h4-5,8,11,15H,3,6-7,9-10,18H2,1-2H3. The lowest BCUT2D eigenvalue weighted by Gasteiger charge is -2.35. The summed E-state index contributed by atoms with van der Waals surface area (Å²) in [5, 5.41) is 1.19. The van der Waals surface area contributed by atoms with Crippen LogP contribution in [0.4, 0.5) is 0 Å². The highest BCUT2D eigenvalue weighted by Crippen LogP contribution is 2.29. The normalized spacial score (nSPS) is 23.6. The van der Waals surface area contributed by atoms with Gasteiger partial charge in [0.25, 0.3) is 0 Å². The summed E-state index contributed by atoms with van der Waals surface area (Å²) in [5.74, 6) is 0. The van der Waals surface area contributed by atoms with E-state index in [0.717, 1.165) is 25.2 Å². The molecule has 0 saturated carbocycles. The smallest absolute Gasteiger partial charge is 0.0595 e. The molecule has 2 N–H and O–H groups in total. The highest BCUT2D eigenvalue weighted by molar-refractivity contribution is 6.42. The van der Waals surface area contributed by atoms with E-state index in [2.05, 4.69) is 23.8 Å². The maximum Gasteiger partial charge on any atom is 0.0595 e. The fourth-order valence-electron chi connectivity index (χ4n) is 3.04. The molecule has 2 rings (SSSR count). The second kappa shape index (κ2) is 7.10. The molecule has 1 saturated heterocycles. The van der Waals surface area contributed by atoms with Crippen molar-refractivity contribution >= 4 is 23.2 Å². The lowest BCUT2D eigenvalue weighted by molar-refractivity contribution is 0.146. The summed E-state index contributed by atoms with van der Waals surface area (Å²) in [5.41, 5.74) is 7.19. The van der Waals surface area contributed by atoms with Gasteiger partial charge in [0, 0.05) is 31.7 Å². The minimum Gasteiger partial charge on any atom is -0.329 e. The average Bonchev–Trinajstić information content (AvgIpc) is 2.56. The van der Waals surface area contributed by atoms with Crippen molar-refractivity contribution in [1.29, 1.82) is 0 Å². The van der Waals surface area contributed by atoms with Crippen molar-refractivity contribution in [2.45, 2.75) is 25.4 Å². The summed E-state index contributed by atoms with van der Waals surface area (Å²) in [6.07, 6.45) is 1.17. The number of hydrogen-bond donors (Lipinski definition) is 1. The summed E-state index contributed by atoms with van der Waals surface area (Å²) in [6.45, 7) is 6.12. The lowest BCUT2D eigenvalue weighted by Crippen LogP contribution is -2.42. The Morgan fingerprint density at radius 3 is 2.70 bits per heavy atom. The Morgan fingerprint density at radius 2 is 2.05 bits per heavy atom. The third kappa shape index (κ3) is 3.66. The Balaban J connectivity index is 2.23. The molecule has 2 unspecified atom stereocenters. The molecule has 0 spiro atoms. The molecule has 0 radical (unpaired) electrons. The Morgan fingerprint density at radius 1 is 1.30 bits per heavy atom. The molecule has 20 heavy (non-hydrogen) atoms. The maximum absolute atomic E-state index is 6.15. The molecule has 112 valence electrons. The summed E-state index contributed by atoms with van der Waals surface area (Å²) < 4.78 is 0. The van der Waals surface area contributed by atoms with Crippen molar-refractivity contribution in [3.8, 4) is 0 Å². The minimum absolute atomic E-state index is 0.200. The van der Waals surface area contributed by atoms with Gasteiger partial charge in [0.1, 0.15) is 0 Å². The van der Waals surface area contributed by atoms with E-state index < -0.39 is 0 Å². The van der Waals surface area contributed by atoms with E-state index in [1.165, 1.54) is 6.42 Å². The van der Waals surface area contributed by atoms with E-state index in [1.54, 1.807) is 0 Å². The van der Waals surface area contributed by atoms with Crippen LogP contribution in [-0.2, 0) is 0 Å². The van der Waals surface area contributed by atoms with Gasteiger partial charge in [-0.05, 0) is 44.6 Å². The van der Waals surface area contributed by atoms with Gasteiger partial charge in [-0.1, -0.05) is 29.3 Å². The van der Waals surface area contributed by atoms with Crippen LogP contribution in [0.25, 0.3) is 0 Å². The predicted molar refractivity (Wildman–Crippen MR) is 86.5 cm³/mol. The zero-order chi connectivity index (χ0) is 14.7. The molecule has 0 amide bonds. The monoisotopic (exact) mass is 315 g/mol. The number of benzene rings is 1. The van der Waals surface area contributed by atoms with Gasteiger partial charge < -0.3 is 10.6 Å². The van der Waals surface area contributed by atoms with Gasteiger partial charge in [-0.3, -0.25) is 4.90 Å². The van der Waals surface area contributed by atoms with Crippen LogP contribution in [0.1, 0.15) is 24.9 Å². The van der Waals surface area contributed by atoms with Crippen LogP contribution < -0.4 is 5.73 Å². The summed E-state index contributed by atoms with van der Waals surface area (Å²) in [6, 6.07) is 6.52. The third-order valence-electron chi connectivity index (χ3n) is 4.05. The zero-order valence-corrected chi connectivity index (χ0v) is 13.7. The Hall–Kier alpha value is -0.320. The van der Waals surface area contributed by atoms with Crippen molar-refractivity contribution in [2.24, 2.45) is 5.73 Å². The second-order valence-corrected chi connectivity index (χ2v) is 6.44. The van der Waals surface area contributed by atoms with Crippen LogP contribution in [0.2, 0.25) is 10.0 Å². The number of likely N-dealkylation sites (N-methyl/N-ethyl adjacent to an activating group) is 1. The van der Waals surface area contributed by atoms with Crippen LogP contribution >= 0.6 is 23.2 Å². The molecule has 1 aromatic carbocycles. The largest absolute Gasteiger partial charge is 0.329 e.